The Morgan fingerprint density at radius 3 is 1.28 bits per heavy atom. The summed E-state index contributed by atoms with van der Waals surface area (Å²) in [7, 11) is 0. The molecular formula is C30H42N4NiO4. The average molecular weight is 581 g/mol. The SMILES string of the molecule is CC1(C)CNC[C@@](C)(OCc2ccccc2)C(=O)[N-]C(C)(C)CNC[C@@](C)(OCc2ccccc2)C(=O)[N-]1.[Ni+2]. The van der Waals surface area contributed by atoms with Crippen molar-refractivity contribution < 1.29 is 35.6 Å². The van der Waals surface area contributed by atoms with Gasteiger partial charge in [-0.2, -0.15) is 0 Å². The Labute approximate surface area is 243 Å². The molecule has 3 rings (SSSR count). The largest absolute Gasteiger partial charge is 2.00 e. The summed E-state index contributed by atoms with van der Waals surface area (Å²) in [5.41, 5.74) is -1.92. The molecule has 216 valence electrons. The standard InChI is InChI=1S/C30H44N4O4.Ni/c1-27(2)19-31-21-30(6,38-18-24-15-11-8-12-16-24)26(36)34-28(3,4)20-32-22-29(5,25(35)33-27)37-17-23-13-9-7-10-14-23;/h7-16,31-32H,17-22H2,1-6H3,(H2,33,34,35,36);/q;+2/p-2/t29-,30-;/m1./s1. The van der Waals surface area contributed by atoms with E-state index in [1.165, 1.54) is 0 Å². The van der Waals surface area contributed by atoms with Crippen molar-refractivity contribution in [2.75, 3.05) is 26.2 Å². The monoisotopic (exact) mass is 580 g/mol. The summed E-state index contributed by atoms with van der Waals surface area (Å²) in [5, 5.41) is 15.7. The number of carbonyl (C=O) groups is 2. The molecule has 0 bridgehead atoms. The molecule has 2 aromatic carbocycles. The van der Waals surface area contributed by atoms with E-state index >= 15 is 0 Å². The van der Waals surface area contributed by atoms with E-state index in [-0.39, 0.29) is 54.6 Å². The number of nitrogens with zero attached hydrogens (tertiary/aromatic N) is 2. The Morgan fingerprint density at radius 1 is 0.615 bits per heavy atom. The van der Waals surface area contributed by atoms with Crippen LogP contribution in [0.2, 0.25) is 0 Å². The van der Waals surface area contributed by atoms with E-state index in [0.717, 1.165) is 11.1 Å². The maximum Gasteiger partial charge on any atom is 2.00 e. The van der Waals surface area contributed by atoms with Crippen LogP contribution in [0.3, 0.4) is 0 Å². The Bertz CT molecular complexity index is 982. The van der Waals surface area contributed by atoms with Crippen molar-refractivity contribution in [3.8, 4) is 0 Å². The van der Waals surface area contributed by atoms with Crippen LogP contribution in [0, 0.1) is 0 Å². The maximum atomic E-state index is 13.5. The van der Waals surface area contributed by atoms with E-state index in [0.29, 0.717) is 13.1 Å². The third kappa shape index (κ3) is 10.00. The summed E-state index contributed by atoms with van der Waals surface area (Å²) in [6.45, 7) is 12.8. The minimum atomic E-state index is -1.19. The van der Waals surface area contributed by atoms with Crippen molar-refractivity contribution in [1.82, 2.24) is 10.6 Å². The summed E-state index contributed by atoms with van der Waals surface area (Å²) in [6, 6.07) is 19.5. The average Bonchev–Trinajstić information content (AvgIpc) is 2.86. The van der Waals surface area contributed by atoms with Gasteiger partial charge in [0.15, 0.2) is 0 Å². The fourth-order valence-corrected chi connectivity index (χ4v) is 4.09. The Balaban J connectivity index is 0.00000533. The van der Waals surface area contributed by atoms with Gasteiger partial charge in [0.25, 0.3) is 0 Å². The Kier molecular flexibility index (Phi) is 11.7. The van der Waals surface area contributed by atoms with Crippen LogP contribution in [0.1, 0.15) is 52.7 Å². The molecule has 0 aliphatic carbocycles. The molecule has 1 heterocycles. The molecular weight excluding hydrogens is 539 g/mol. The van der Waals surface area contributed by atoms with E-state index in [2.05, 4.69) is 21.3 Å². The predicted molar refractivity (Wildman–Crippen MR) is 150 cm³/mol. The number of carbonyl (C=O) groups excluding carboxylic acids is 2. The molecule has 1 aliphatic heterocycles. The van der Waals surface area contributed by atoms with Gasteiger partial charge in [-0.05, 0) is 38.1 Å². The molecule has 1 fully saturated rings. The van der Waals surface area contributed by atoms with Gasteiger partial charge in [-0.15, -0.1) is 0 Å². The number of hydrogen-bond donors (Lipinski definition) is 2. The molecule has 0 spiro atoms. The van der Waals surface area contributed by atoms with Crippen LogP contribution in [0.15, 0.2) is 60.7 Å². The number of amides is 2. The topological polar surface area (TPSA) is 105 Å². The van der Waals surface area contributed by atoms with Gasteiger partial charge in [0.05, 0.1) is 25.0 Å². The summed E-state index contributed by atoms with van der Waals surface area (Å²) in [6.07, 6.45) is 0. The van der Waals surface area contributed by atoms with E-state index in [9.17, 15) is 9.59 Å². The molecule has 2 atom stereocenters. The van der Waals surface area contributed by atoms with Crippen LogP contribution in [0.25, 0.3) is 10.6 Å². The second kappa shape index (κ2) is 13.9. The quantitative estimate of drug-likeness (QED) is 0.488. The molecule has 2 aromatic rings. The molecule has 0 aromatic heterocycles. The maximum absolute atomic E-state index is 13.5. The Hall–Kier alpha value is -2.29. The van der Waals surface area contributed by atoms with Crippen LogP contribution in [-0.4, -0.2) is 60.3 Å². The summed E-state index contributed by atoms with van der Waals surface area (Å²) >= 11 is 0. The zero-order valence-electron chi connectivity index (χ0n) is 23.9. The Morgan fingerprint density at radius 2 is 0.949 bits per heavy atom. The first-order valence-corrected chi connectivity index (χ1v) is 13.1. The normalized spacial score (nSPS) is 25.9. The number of benzene rings is 2. The van der Waals surface area contributed by atoms with Crippen LogP contribution >= 0.6 is 0 Å². The van der Waals surface area contributed by atoms with Gasteiger partial charge >= 0.3 is 16.5 Å². The van der Waals surface area contributed by atoms with Gasteiger partial charge in [0.2, 0.25) is 0 Å². The van der Waals surface area contributed by atoms with E-state index in [1.807, 2.05) is 88.4 Å². The van der Waals surface area contributed by atoms with Gasteiger partial charge in [0.1, 0.15) is 11.2 Å². The fraction of sp³-hybridized carbons (Fsp3) is 0.533. The zero-order valence-corrected chi connectivity index (χ0v) is 24.8. The first-order chi connectivity index (χ1) is 17.8. The smallest absolute Gasteiger partial charge is 0.645 e. The van der Waals surface area contributed by atoms with Crippen LogP contribution in [0.5, 0.6) is 0 Å². The van der Waals surface area contributed by atoms with Gasteiger partial charge in [-0.25, -0.2) is 0 Å². The van der Waals surface area contributed by atoms with E-state index in [1.54, 1.807) is 13.8 Å². The van der Waals surface area contributed by atoms with Crippen molar-refractivity contribution in [2.24, 2.45) is 0 Å². The van der Waals surface area contributed by atoms with Crippen molar-refractivity contribution in [2.45, 2.75) is 77.0 Å². The second-order valence-corrected chi connectivity index (χ2v) is 11.7. The number of ether oxygens (including phenoxy) is 2. The molecule has 8 nitrogen and oxygen atoms in total. The van der Waals surface area contributed by atoms with Gasteiger partial charge in [-0.3, -0.25) is 0 Å². The molecule has 2 amide bonds. The summed E-state index contributed by atoms with van der Waals surface area (Å²) in [4.78, 5) is 27.0. The van der Waals surface area contributed by atoms with Crippen LogP contribution in [-0.2, 0) is 48.8 Å². The molecule has 0 saturated carbocycles. The second-order valence-electron chi connectivity index (χ2n) is 11.7. The molecule has 0 radical (unpaired) electrons. The van der Waals surface area contributed by atoms with Crippen molar-refractivity contribution in [1.29, 1.82) is 0 Å². The van der Waals surface area contributed by atoms with Crippen LogP contribution < -0.4 is 10.6 Å². The fourth-order valence-electron chi connectivity index (χ4n) is 4.09. The predicted octanol–water partition coefficient (Wildman–Crippen LogP) is 4.49. The third-order valence-electron chi connectivity index (χ3n) is 6.55. The van der Waals surface area contributed by atoms with Gasteiger partial charge in [-0.1, -0.05) is 99.4 Å². The zero-order chi connectivity index (χ0) is 27.9. The summed E-state index contributed by atoms with van der Waals surface area (Å²) < 4.78 is 12.3. The van der Waals surface area contributed by atoms with E-state index < -0.39 is 22.3 Å². The number of rotatable bonds is 6. The molecule has 1 aliphatic rings. The first-order valence-electron chi connectivity index (χ1n) is 13.1. The van der Waals surface area contributed by atoms with Gasteiger partial charge in [0, 0.05) is 13.1 Å². The summed E-state index contributed by atoms with van der Waals surface area (Å²) in [5.74, 6) is -0.669. The third-order valence-corrected chi connectivity index (χ3v) is 6.55. The first kappa shape index (κ1) is 32.9. The molecule has 39 heavy (non-hydrogen) atoms. The molecule has 9 heteroatoms. The molecule has 1 saturated heterocycles. The van der Waals surface area contributed by atoms with Gasteiger partial charge < -0.3 is 40.3 Å². The minimum absolute atomic E-state index is 0. The molecule has 0 unspecified atom stereocenters. The van der Waals surface area contributed by atoms with Crippen molar-refractivity contribution >= 4 is 11.8 Å². The van der Waals surface area contributed by atoms with E-state index in [4.69, 9.17) is 9.47 Å². The van der Waals surface area contributed by atoms with Crippen LogP contribution in [0.4, 0.5) is 0 Å². The van der Waals surface area contributed by atoms with Crippen molar-refractivity contribution in [3.63, 3.8) is 0 Å². The van der Waals surface area contributed by atoms with Crippen molar-refractivity contribution in [3.05, 3.63) is 82.4 Å². The minimum Gasteiger partial charge on any atom is -0.645 e. The molecule has 2 N–H and O–H groups in total. The number of hydrogen-bond acceptors (Lipinski definition) is 6. The number of nitrogens with one attached hydrogen (secondary N) is 2.